The Morgan fingerprint density at radius 2 is 1.76 bits per heavy atom. The number of hydrogen-bond donors (Lipinski definition) is 1. The van der Waals surface area contributed by atoms with Gasteiger partial charge in [0.2, 0.25) is 0 Å². The van der Waals surface area contributed by atoms with Crippen LogP contribution in [0, 0.1) is 0 Å². The average molecular weight is 346 g/mol. The van der Waals surface area contributed by atoms with E-state index in [2.05, 4.69) is 0 Å². The van der Waals surface area contributed by atoms with Crippen LogP contribution in [0.4, 0.5) is 5.69 Å². The lowest BCUT2D eigenvalue weighted by molar-refractivity contribution is -0.209. The molecular formula is C18H22N2O5. The van der Waals surface area contributed by atoms with E-state index in [0.29, 0.717) is 18.7 Å². The molecule has 2 N–H and O–H groups in total. The van der Waals surface area contributed by atoms with Crippen molar-refractivity contribution in [1.82, 2.24) is 4.90 Å². The quantitative estimate of drug-likeness (QED) is 0.654. The van der Waals surface area contributed by atoms with E-state index in [4.69, 9.17) is 19.9 Å². The van der Waals surface area contributed by atoms with Crippen molar-refractivity contribution < 1.29 is 23.8 Å². The summed E-state index contributed by atoms with van der Waals surface area (Å²) in [6.07, 6.45) is 0.292. The maximum atomic E-state index is 12.4. The van der Waals surface area contributed by atoms with Crippen LogP contribution in [0.25, 0.3) is 0 Å². The Balaban J connectivity index is 1.75. The summed E-state index contributed by atoms with van der Waals surface area (Å²) in [5.41, 5.74) is 6.78. The summed E-state index contributed by atoms with van der Waals surface area (Å²) >= 11 is 0. The van der Waals surface area contributed by atoms with Crippen LogP contribution in [0.15, 0.2) is 35.5 Å². The van der Waals surface area contributed by atoms with Crippen molar-refractivity contribution in [2.75, 3.05) is 19.8 Å². The molecule has 134 valence electrons. The SMILES string of the molecule is CC1=C(N(C)C)C(=O)OC2(CC2(C)OCc2ccc(N)cc2)OC1=O. The molecule has 7 nitrogen and oxygen atoms in total. The fraction of sp³-hybridized carbons (Fsp3) is 0.444. The normalized spacial score (nSPS) is 28.5. The highest BCUT2D eigenvalue weighted by Gasteiger charge is 2.74. The van der Waals surface area contributed by atoms with Gasteiger partial charge in [-0.1, -0.05) is 12.1 Å². The van der Waals surface area contributed by atoms with Gasteiger partial charge in [0.1, 0.15) is 5.70 Å². The van der Waals surface area contributed by atoms with E-state index in [9.17, 15) is 9.59 Å². The monoisotopic (exact) mass is 346 g/mol. The summed E-state index contributed by atoms with van der Waals surface area (Å²) in [6, 6.07) is 7.28. The van der Waals surface area contributed by atoms with Crippen LogP contribution in [0.5, 0.6) is 0 Å². The minimum Gasteiger partial charge on any atom is -0.416 e. The fourth-order valence-corrected chi connectivity index (χ4v) is 2.92. The lowest BCUT2D eigenvalue weighted by Crippen LogP contribution is -2.35. The Hall–Kier alpha value is -2.54. The molecule has 2 unspecified atom stereocenters. The highest BCUT2D eigenvalue weighted by Crippen LogP contribution is 2.56. The molecule has 2 atom stereocenters. The zero-order chi connectivity index (χ0) is 18.4. The summed E-state index contributed by atoms with van der Waals surface area (Å²) in [6.45, 7) is 3.61. The number of carbonyl (C=O) groups excluding carboxylic acids is 2. The third-order valence-corrected chi connectivity index (χ3v) is 4.61. The first-order valence-corrected chi connectivity index (χ1v) is 8.01. The second-order valence-electron chi connectivity index (χ2n) is 6.84. The molecule has 1 spiro atoms. The first kappa shape index (κ1) is 17.3. The molecule has 1 aromatic rings. The molecule has 1 fully saturated rings. The Morgan fingerprint density at radius 3 is 2.36 bits per heavy atom. The molecule has 0 aromatic heterocycles. The molecule has 25 heavy (non-hydrogen) atoms. The van der Waals surface area contributed by atoms with Gasteiger partial charge < -0.3 is 24.8 Å². The second-order valence-corrected chi connectivity index (χ2v) is 6.84. The third kappa shape index (κ3) is 2.95. The lowest BCUT2D eigenvalue weighted by atomic mass is 10.2. The number of nitrogens with two attached hydrogens (primary N) is 1. The van der Waals surface area contributed by atoms with E-state index in [-0.39, 0.29) is 11.3 Å². The molecule has 2 aliphatic rings. The fourth-order valence-electron chi connectivity index (χ4n) is 2.92. The van der Waals surface area contributed by atoms with Gasteiger partial charge in [-0.25, -0.2) is 9.59 Å². The summed E-state index contributed by atoms with van der Waals surface area (Å²) in [5.74, 6) is -2.55. The first-order valence-electron chi connectivity index (χ1n) is 8.01. The van der Waals surface area contributed by atoms with Gasteiger partial charge in [0.15, 0.2) is 5.60 Å². The zero-order valence-electron chi connectivity index (χ0n) is 14.8. The van der Waals surface area contributed by atoms with Crippen molar-refractivity contribution in [3.63, 3.8) is 0 Å². The Bertz CT molecular complexity index is 755. The number of benzene rings is 1. The Kier molecular flexibility index (Phi) is 3.99. The highest BCUT2D eigenvalue weighted by molar-refractivity contribution is 6.01. The van der Waals surface area contributed by atoms with E-state index >= 15 is 0 Å². The van der Waals surface area contributed by atoms with E-state index in [1.54, 1.807) is 45.0 Å². The van der Waals surface area contributed by atoms with E-state index in [0.717, 1.165) is 5.56 Å². The number of likely N-dealkylation sites (N-methyl/N-ethyl adjacent to an activating group) is 1. The number of carbonyl (C=O) groups is 2. The molecular weight excluding hydrogens is 324 g/mol. The largest absolute Gasteiger partial charge is 0.416 e. The van der Waals surface area contributed by atoms with Crippen LogP contribution in [0.1, 0.15) is 25.8 Å². The molecule has 1 heterocycles. The minimum atomic E-state index is -1.38. The van der Waals surface area contributed by atoms with Crippen molar-refractivity contribution in [3.8, 4) is 0 Å². The molecule has 1 saturated carbocycles. The van der Waals surface area contributed by atoms with Gasteiger partial charge in [-0.15, -0.1) is 0 Å². The van der Waals surface area contributed by atoms with Gasteiger partial charge in [0.05, 0.1) is 18.6 Å². The maximum absolute atomic E-state index is 12.4. The molecule has 1 aliphatic carbocycles. The predicted molar refractivity (Wildman–Crippen MR) is 90.0 cm³/mol. The van der Waals surface area contributed by atoms with E-state index in [1.807, 2.05) is 12.1 Å². The summed E-state index contributed by atoms with van der Waals surface area (Å²) in [4.78, 5) is 26.3. The topological polar surface area (TPSA) is 91.1 Å². The van der Waals surface area contributed by atoms with Gasteiger partial charge in [-0.3, -0.25) is 0 Å². The maximum Gasteiger partial charge on any atom is 0.358 e. The number of nitrogens with zero attached hydrogens (tertiary/aromatic N) is 1. The van der Waals surface area contributed by atoms with Crippen LogP contribution in [0.3, 0.4) is 0 Å². The standard InChI is InChI=1S/C18H22N2O5/c1-11-14(20(3)4)16(22)25-18(24-15(11)21)10-17(18,2)23-9-12-5-7-13(19)8-6-12/h5-8H,9-10,19H2,1-4H3. The van der Waals surface area contributed by atoms with Gasteiger partial charge in [0.25, 0.3) is 5.79 Å². The Morgan fingerprint density at radius 1 is 1.16 bits per heavy atom. The van der Waals surface area contributed by atoms with Crippen LogP contribution in [0.2, 0.25) is 0 Å². The predicted octanol–water partition coefficient (Wildman–Crippen LogP) is 1.58. The van der Waals surface area contributed by atoms with Crippen molar-refractivity contribution in [1.29, 1.82) is 0 Å². The molecule has 0 radical (unpaired) electrons. The first-order chi connectivity index (χ1) is 11.7. The van der Waals surface area contributed by atoms with Crippen molar-refractivity contribution in [3.05, 3.63) is 41.1 Å². The molecule has 1 aliphatic heterocycles. The van der Waals surface area contributed by atoms with Crippen LogP contribution in [-0.2, 0) is 30.4 Å². The van der Waals surface area contributed by atoms with Gasteiger partial charge in [-0.05, 0) is 31.5 Å². The highest BCUT2D eigenvalue weighted by atomic mass is 16.8. The molecule has 0 bridgehead atoms. The number of esters is 2. The Labute approximate surface area is 146 Å². The summed E-state index contributed by atoms with van der Waals surface area (Å²) in [5, 5.41) is 0. The number of anilines is 1. The lowest BCUT2D eigenvalue weighted by Gasteiger charge is -2.22. The van der Waals surface area contributed by atoms with E-state index < -0.39 is 23.3 Å². The van der Waals surface area contributed by atoms with Crippen LogP contribution >= 0.6 is 0 Å². The van der Waals surface area contributed by atoms with Gasteiger partial charge in [-0.2, -0.15) is 0 Å². The van der Waals surface area contributed by atoms with Gasteiger partial charge >= 0.3 is 11.9 Å². The molecule has 7 heteroatoms. The molecule has 1 aromatic carbocycles. The smallest absolute Gasteiger partial charge is 0.358 e. The number of hydrogen-bond acceptors (Lipinski definition) is 7. The number of ether oxygens (including phenoxy) is 3. The van der Waals surface area contributed by atoms with Crippen molar-refractivity contribution in [2.45, 2.75) is 38.3 Å². The third-order valence-electron chi connectivity index (χ3n) is 4.61. The summed E-state index contributed by atoms with van der Waals surface area (Å²) < 4.78 is 16.9. The van der Waals surface area contributed by atoms with Gasteiger partial charge in [0, 0.05) is 19.8 Å². The number of nitrogen functional groups attached to an aromatic ring is 1. The zero-order valence-corrected chi connectivity index (χ0v) is 14.8. The van der Waals surface area contributed by atoms with Crippen LogP contribution < -0.4 is 5.73 Å². The summed E-state index contributed by atoms with van der Waals surface area (Å²) in [7, 11) is 3.35. The van der Waals surface area contributed by atoms with Crippen LogP contribution in [-0.4, -0.2) is 42.3 Å². The molecule has 0 saturated heterocycles. The molecule has 3 rings (SSSR count). The van der Waals surface area contributed by atoms with E-state index in [1.165, 1.54) is 0 Å². The molecule has 0 amide bonds. The average Bonchev–Trinajstić information content (AvgIpc) is 3.11. The van der Waals surface area contributed by atoms with Crippen molar-refractivity contribution >= 4 is 17.6 Å². The van der Waals surface area contributed by atoms with Crippen molar-refractivity contribution in [2.24, 2.45) is 0 Å². The minimum absolute atomic E-state index is 0.189. The second kappa shape index (κ2) is 5.77. The number of rotatable bonds is 4.